The smallest absolute Gasteiger partial charge is 0.157 e. The molecule has 0 fully saturated rings. The molecule has 3 heteroatoms. The molecule has 4 rings (SSSR count). The van der Waals surface area contributed by atoms with Crippen LogP contribution in [0.15, 0.2) is 36.4 Å². The summed E-state index contributed by atoms with van der Waals surface area (Å²) in [6.45, 7) is 0.913. The van der Waals surface area contributed by atoms with Gasteiger partial charge in [0.15, 0.2) is 11.5 Å². The molecule has 1 aliphatic heterocycles. The molecule has 20 heavy (non-hydrogen) atoms. The maximum atomic E-state index is 9.84. The molecule has 2 atom stereocenters. The molecular weight excluding hydrogens is 250 g/mol. The Labute approximate surface area is 117 Å². The van der Waals surface area contributed by atoms with Crippen LogP contribution in [-0.2, 0) is 13.0 Å². The second kappa shape index (κ2) is 4.25. The molecule has 0 saturated carbocycles. The number of fused-ring (bicyclic) bond motifs is 5. The molecule has 2 aliphatic rings. The number of nitrogens with one attached hydrogen (secondary N) is 1. The molecule has 102 valence electrons. The van der Waals surface area contributed by atoms with Crippen molar-refractivity contribution in [2.75, 3.05) is 0 Å². The third kappa shape index (κ3) is 1.63. The van der Waals surface area contributed by atoms with E-state index in [1.165, 1.54) is 11.1 Å². The van der Waals surface area contributed by atoms with Crippen LogP contribution in [0.1, 0.15) is 34.6 Å². The molecule has 0 radical (unpaired) electrons. The van der Waals surface area contributed by atoms with Crippen molar-refractivity contribution in [1.29, 1.82) is 0 Å². The van der Waals surface area contributed by atoms with E-state index >= 15 is 0 Å². The van der Waals surface area contributed by atoms with Crippen molar-refractivity contribution in [3.8, 4) is 11.5 Å². The zero-order chi connectivity index (χ0) is 13.7. The first-order chi connectivity index (χ1) is 9.74. The third-order valence-electron chi connectivity index (χ3n) is 4.64. The fourth-order valence-corrected chi connectivity index (χ4v) is 3.68. The van der Waals surface area contributed by atoms with E-state index in [4.69, 9.17) is 0 Å². The number of aryl methyl sites for hydroxylation is 1. The number of benzene rings is 2. The first-order valence-electron chi connectivity index (χ1n) is 7.10. The van der Waals surface area contributed by atoms with Crippen molar-refractivity contribution < 1.29 is 10.2 Å². The van der Waals surface area contributed by atoms with Crippen LogP contribution in [0.5, 0.6) is 11.5 Å². The second-order valence-corrected chi connectivity index (χ2v) is 5.74. The summed E-state index contributed by atoms with van der Waals surface area (Å²) in [5, 5.41) is 23.2. The van der Waals surface area contributed by atoms with Crippen molar-refractivity contribution >= 4 is 0 Å². The van der Waals surface area contributed by atoms with Gasteiger partial charge in [-0.1, -0.05) is 24.3 Å². The van der Waals surface area contributed by atoms with Crippen LogP contribution in [0.2, 0.25) is 0 Å². The Morgan fingerprint density at radius 3 is 2.65 bits per heavy atom. The summed E-state index contributed by atoms with van der Waals surface area (Å²) in [5.74, 6) is 0.238. The molecule has 0 spiro atoms. The Morgan fingerprint density at radius 2 is 1.75 bits per heavy atom. The van der Waals surface area contributed by atoms with E-state index in [9.17, 15) is 10.2 Å². The molecule has 2 aromatic carbocycles. The standard InChI is InChI=1S/C17H17NO2/c19-15-7-10-5-6-14-17(13(10)8-16(15)20)12-4-2-1-3-11(12)9-18-14/h1-4,7-8,14,17-20H,5-6,9H2/t14-,17-/m0/s1. The van der Waals surface area contributed by atoms with Crippen LogP contribution in [-0.4, -0.2) is 16.3 Å². The lowest BCUT2D eigenvalue weighted by Gasteiger charge is -2.39. The molecule has 0 unspecified atom stereocenters. The highest BCUT2D eigenvalue weighted by atomic mass is 16.3. The van der Waals surface area contributed by atoms with E-state index < -0.39 is 0 Å². The van der Waals surface area contributed by atoms with Gasteiger partial charge in [0.1, 0.15) is 0 Å². The largest absolute Gasteiger partial charge is 0.504 e. The van der Waals surface area contributed by atoms with Gasteiger partial charge in [-0.3, -0.25) is 0 Å². The Hall–Kier alpha value is -2.00. The van der Waals surface area contributed by atoms with Crippen LogP contribution in [0.4, 0.5) is 0 Å². The van der Waals surface area contributed by atoms with E-state index in [-0.39, 0.29) is 17.4 Å². The minimum Gasteiger partial charge on any atom is -0.504 e. The summed E-state index contributed by atoms with van der Waals surface area (Å²) in [4.78, 5) is 0. The van der Waals surface area contributed by atoms with E-state index in [0.717, 1.165) is 30.5 Å². The Morgan fingerprint density at radius 1 is 0.950 bits per heavy atom. The minimum absolute atomic E-state index is 0.0146. The monoisotopic (exact) mass is 267 g/mol. The zero-order valence-electron chi connectivity index (χ0n) is 11.1. The molecule has 0 aromatic heterocycles. The number of aromatic hydroxyl groups is 2. The van der Waals surface area contributed by atoms with Gasteiger partial charge in [-0.25, -0.2) is 0 Å². The molecule has 1 heterocycles. The van der Waals surface area contributed by atoms with E-state index in [1.54, 1.807) is 12.1 Å². The van der Waals surface area contributed by atoms with Crippen LogP contribution < -0.4 is 5.32 Å². The zero-order valence-corrected chi connectivity index (χ0v) is 11.1. The first kappa shape index (κ1) is 11.8. The van der Waals surface area contributed by atoms with E-state index in [1.807, 2.05) is 0 Å². The average Bonchev–Trinajstić information content (AvgIpc) is 2.48. The fraction of sp³-hybridized carbons (Fsp3) is 0.294. The lowest BCUT2D eigenvalue weighted by molar-refractivity contribution is 0.380. The summed E-state index contributed by atoms with van der Waals surface area (Å²) in [5.41, 5.74) is 4.98. The highest BCUT2D eigenvalue weighted by Crippen LogP contribution is 2.43. The predicted molar refractivity (Wildman–Crippen MR) is 77.0 cm³/mol. The fourth-order valence-electron chi connectivity index (χ4n) is 3.68. The van der Waals surface area contributed by atoms with Gasteiger partial charge in [0.05, 0.1) is 0 Å². The van der Waals surface area contributed by atoms with Crippen LogP contribution in [0, 0.1) is 0 Å². The summed E-state index contributed by atoms with van der Waals surface area (Å²) in [6, 6.07) is 12.4. The SMILES string of the molecule is Oc1cc2c(cc1O)[C@@H]1c3ccccc3CN[C@H]1CC2. The van der Waals surface area contributed by atoms with Gasteiger partial charge in [-0.05, 0) is 47.2 Å². The maximum absolute atomic E-state index is 9.84. The molecule has 2 aromatic rings. The van der Waals surface area contributed by atoms with E-state index in [2.05, 4.69) is 29.6 Å². The summed E-state index contributed by atoms with van der Waals surface area (Å²) >= 11 is 0. The van der Waals surface area contributed by atoms with Crippen LogP contribution in [0.3, 0.4) is 0 Å². The highest BCUT2D eigenvalue weighted by molar-refractivity contribution is 5.53. The molecule has 0 saturated heterocycles. The normalized spacial score (nSPS) is 23.6. The number of phenolic OH excluding ortho intramolecular Hbond substituents is 2. The van der Waals surface area contributed by atoms with Crippen molar-refractivity contribution in [2.24, 2.45) is 0 Å². The van der Waals surface area contributed by atoms with Gasteiger partial charge < -0.3 is 15.5 Å². The summed E-state index contributed by atoms with van der Waals surface area (Å²) in [6.07, 6.45) is 2.01. The van der Waals surface area contributed by atoms with Gasteiger partial charge >= 0.3 is 0 Å². The number of rotatable bonds is 0. The number of hydrogen-bond acceptors (Lipinski definition) is 3. The molecule has 3 nitrogen and oxygen atoms in total. The van der Waals surface area contributed by atoms with Crippen LogP contribution in [0.25, 0.3) is 0 Å². The van der Waals surface area contributed by atoms with Gasteiger partial charge in [-0.2, -0.15) is 0 Å². The van der Waals surface area contributed by atoms with Crippen molar-refractivity contribution in [1.82, 2.24) is 5.32 Å². The average molecular weight is 267 g/mol. The predicted octanol–water partition coefficient (Wildman–Crippen LogP) is 2.65. The molecule has 0 amide bonds. The van der Waals surface area contributed by atoms with Crippen molar-refractivity contribution in [2.45, 2.75) is 31.3 Å². The number of hydrogen-bond donors (Lipinski definition) is 3. The van der Waals surface area contributed by atoms with Crippen molar-refractivity contribution in [3.05, 3.63) is 58.7 Å². The maximum Gasteiger partial charge on any atom is 0.157 e. The van der Waals surface area contributed by atoms with E-state index in [0.29, 0.717) is 6.04 Å². The van der Waals surface area contributed by atoms with Gasteiger partial charge in [-0.15, -0.1) is 0 Å². The molecule has 1 aliphatic carbocycles. The third-order valence-corrected chi connectivity index (χ3v) is 4.64. The quantitative estimate of drug-likeness (QED) is 0.643. The Kier molecular flexibility index (Phi) is 2.51. The van der Waals surface area contributed by atoms with Crippen molar-refractivity contribution in [3.63, 3.8) is 0 Å². The summed E-state index contributed by atoms with van der Waals surface area (Å²) < 4.78 is 0. The lowest BCUT2D eigenvalue weighted by atomic mass is 9.72. The van der Waals surface area contributed by atoms with Gasteiger partial charge in [0.2, 0.25) is 0 Å². The summed E-state index contributed by atoms with van der Waals surface area (Å²) in [7, 11) is 0. The van der Waals surface area contributed by atoms with Gasteiger partial charge in [0, 0.05) is 18.5 Å². The number of phenols is 2. The van der Waals surface area contributed by atoms with Gasteiger partial charge in [0.25, 0.3) is 0 Å². The van der Waals surface area contributed by atoms with Crippen LogP contribution >= 0.6 is 0 Å². The lowest BCUT2D eigenvalue weighted by Crippen LogP contribution is -2.42. The first-order valence-corrected chi connectivity index (χ1v) is 7.10. The molecule has 0 bridgehead atoms. The Bertz CT molecular complexity index is 681. The minimum atomic E-state index is -0.0209. The topological polar surface area (TPSA) is 52.5 Å². The highest BCUT2D eigenvalue weighted by Gasteiger charge is 2.35. The second-order valence-electron chi connectivity index (χ2n) is 5.74. The Balaban J connectivity index is 1.92. The molecule has 3 N–H and O–H groups in total. The molecular formula is C17H17NO2.